The largest absolute Gasteiger partial charge is 0.356 e. The monoisotopic (exact) mass is 426 g/mol. The van der Waals surface area contributed by atoms with Crippen LogP contribution in [-0.4, -0.2) is 43.1 Å². The van der Waals surface area contributed by atoms with Gasteiger partial charge in [0.05, 0.1) is 12.6 Å². The summed E-state index contributed by atoms with van der Waals surface area (Å²) in [6.07, 6.45) is 2.81. The topological polar surface area (TPSA) is 96.9 Å². The van der Waals surface area contributed by atoms with Gasteiger partial charge in [0.15, 0.2) is 0 Å². The van der Waals surface area contributed by atoms with Gasteiger partial charge in [-0.2, -0.15) is 0 Å². The number of allylic oxidation sites excluding steroid dienone is 1. The molecule has 0 saturated heterocycles. The maximum atomic E-state index is 12.7. The lowest BCUT2D eigenvalue weighted by atomic mass is 10.0. The molecule has 0 aliphatic rings. The standard InChI is InChI=1S/C24H30N2O5/c1-3-30-17-31-16-22(11-7-8-18(2)23(27)26-29)25-24(28)21-14-12-20(13-15-21)19-9-5-4-6-10-19/h4-6,8-10,12-15,22,29H,3,7,11,16-17H2,1-2H3,(H,25,28)(H,26,27)/t22-/m0/s1. The number of rotatable bonds is 12. The molecule has 31 heavy (non-hydrogen) atoms. The van der Waals surface area contributed by atoms with E-state index in [9.17, 15) is 9.59 Å². The van der Waals surface area contributed by atoms with Gasteiger partial charge < -0.3 is 14.8 Å². The van der Waals surface area contributed by atoms with Crippen LogP contribution in [0.15, 0.2) is 66.2 Å². The fourth-order valence-corrected chi connectivity index (χ4v) is 2.93. The Bertz CT molecular complexity index is 850. The SMILES string of the molecule is CCOCOC[C@H](CCC=C(C)C(=O)NO)NC(=O)c1ccc(-c2ccccc2)cc1. The first-order valence-electron chi connectivity index (χ1n) is 10.3. The number of nitrogens with one attached hydrogen (secondary N) is 2. The van der Waals surface area contributed by atoms with E-state index in [1.807, 2.05) is 49.4 Å². The Kier molecular flexibility index (Phi) is 10.4. The van der Waals surface area contributed by atoms with E-state index >= 15 is 0 Å². The first-order valence-corrected chi connectivity index (χ1v) is 10.3. The summed E-state index contributed by atoms with van der Waals surface area (Å²) in [7, 11) is 0. The third-order valence-electron chi connectivity index (χ3n) is 4.70. The molecule has 0 fully saturated rings. The van der Waals surface area contributed by atoms with Gasteiger partial charge in [-0.25, -0.2) is 5.48 Å². The van der Waals surface area contributed by atoms with Crippen molar-refractivity contribution in [3.05, 3.63) is 71.8 Å². The highest BCUT2D eigenvalue weighted by Gasteiger charge is 2.14. The summed E-state index contributed by atoms with van der Waals surface area (Å²) in [5.74, 6) is -0.745. The van der Waals surface area contributed by atoms with Gasteiger partial charge in [0.1, 0.15) is 6.79 Å². The molecule has 7 heteroatoms. The third kappa shape index (κ3) is 8.33. The van der Waals surface area contributed by atoms with E-state index in [2.05, 4.69) is 5.32 Å². The summed E-state index contributed by atoms with van der Waals surface area (Å²) in [5.41, 5.74) is 4.69. The number of benzene rings is 2. The molecule has 0 aliphatic carbocycles. The lowest BCUT2D eigenvalue weighted by Crippen LogP contribution is -2.38. The number of hydrogen-bond acceptors (Lipinski definition) is 5. The van der Waals surface area contributed by atoms with E-state index in [1.165, 1.54) is 0 Å². The first kappa shape index (κ1) is 24.3. The van der Waals surface area contributed by atoms with Crippen molar-refractivity contribution in [3.8, 4) is 11.1 Å². The Morgan fingerprint density at radius 3 is 2.35 bits per heavy atom. The summed E-state index contributed by atoms with van der Waals surface area (Å²) in [5, 5.41) is 11.7. The molecule has 0 unspecified atom stereocenters. The van der Waals surface area contributed by atoms with Crippen LogP contribution >= 0.6 is 0 Å². The van der Waals surface area contributed by atoms with Crippen molar-refractivity contribution in [1.29, 1.82) is 0 Å². The molecule has 166 valence electrons. The lowest BCUT2D eigenvalue weighted by molar-refractivity contribution is -0.125. The smallest absolute Gasteiger partial charge is 0.269 e. The summed E-state index contributed by atoms with van der Waals surface area (Å²) in [6, 6.07) is 17.1. The van der Waals surface area contributed by atoms with Gasteiger partial charge >= 0.3 is 0 Å². The van der Waals surface area contributed by atoms with Gasteiger partial charge in [-0.05, 0) is 49.9 Å². The Morgan fingerprint density at radius 2 is 1.71 bits per heavy atom. The predicted molar refractivity (Wildman–Crippen MR) is 118 cm³/mol. The van der Waals surface area contributed by atoms with Gasteiger partial charge in [0.2, 0.25) is 0 Å². The second-order valence-corrected chi connectivity index (χ2v) is 7.00. The number of ether oxygens (including phenoxy) is 2. The predicted octanol–water partition coefficient (Wildman–Crippen LogP) is 3.69. The molecular weight excluding hydrogens is 396 g/mol. The van der Waals surface area contributed by atoms with Crippen molar-refractivity contribution in [2.45, 2.75) is 32.7 Å². The van der Waals surface area contributed by atoms with Crippen molar-refractivity contribution >= 4 is 11.8 Å². The van der Waals surface area contributed by atoms with Crippen LogP contribution in [0, 0.1) is 0 Å². The number of carbonyl (C=O) groups is 2. The number of hydrogen-bond donors (Lipinski definition) is 3. The Labute approximate surface area is 183 Å². The molecule has 0 aliphatic heterocycles. The third-order valence-corrected chi connectivity index (χ3v) is 4.70. The normalized spacial score (nSPS) is 12.3. The minimum absolute atomic E-state index is 0.149. The summed E-state index contributed by atoms with van der Waals surface area (Å²) < 4.78 is 10.7. The molecule has 0 radical (unpaired) electrons. The van der Waals surface area contributed by atoms with Crippen molar-refractivity contribution in [2.75, 3.05) is 20.0 Å². The van der Waals surface area contributed by atoms with Crippen LogP contribution < -0.4 is 10.8 Å². The summed E-state index contributed by atoms with van der Waals surface area (Å²) >= 11 is 0. The van der Waals surface area contributed by atoms with Crippen molar-refractivity contribution in [1.82, 2.24) is 10.8 Å². The van der Waals surface area contributed by atoms with Gasteiger partial charge in [-0.3, -0.25) is 14.8 Å². The van der Waals surface area contributed by atoms with Crippen LogP contribution in [-0.2, 0) is 14.3 Å². The lowest BCUT2D eigenvalue weighted by Gasteiger charge is -2.18. The molecule has 2 aromatic carbocycles. The zero-order chi connectivity index (χ0) is 22.5. The minimum atomic E-state index is -0.549. The molecule has 2 amide bonds. The van der Waals surface area contributed by atoms with E-state index in [1.54, 1.807) is 30.6 Å². The van der Waals surface area contributed by atoms with Crippen molar-refractivity contribution in [3.63, 3.8) is 0 Å². The van der Waals surface area contributed by atoms with Crippen molar-refractivity contribution < 1.29 is 24.3 Å². The molecule has 0 saturated carbocycles. The number of carbonyl (C=O) groups excluding carboxylic acids is 2. The van der Waals surface area contributed by atoms with E-state index < -0.39 is 5.91 Å². The van der Waals surface area contributed by atoms with E-state index in [4.69, 9.17) is 14.7 Å². The molecule has 0 heterocycles. The molecule has 2 rings (SSSR count). The second-order valence-electron chi connectivity index (χ2n) is 7.00. The molecular formula is C24H30N2O5. The van der Waals surface area contributed by atoms with Crippen LogP contribution in [0.5, 0.6) is 0 Å². The quantitative estimate of drug-likeness (QED) is 0.158. The highest BCUT2D eigenvalue weighted by molar-refractivity contribution is 5.95. The highest BCUT2D eigenvalue weighted by Crippen LogP contribution is 2.19. The van der Waals surface area contributed by atoms with Gasteiger partial charge in [0, 0.05) is 17.7 Å². The minimum Gasteiger partial charge on any atom is -0.356 e. The van der Waals surface area contributed by atoms with Crippen molar-refractivity contribution in [2.24, 2.45) is 0 Å². The zero-order valence-electron chi connectivity index (χ0n) is 18.0. The van der Waals surface area contributed by atoms with Crippen LogP contribution in [0.3, 0.4) is 0 Å². The Balaban J connectivity index is 1.98. The molecule has 7 nitrogen and oxygen atoms in total. The van der Waals surface area contributed by atoms with Crippen LogP contribution in [0.25, 0.3) is 11.1 Å². The summed E-state index contributed by atoms with van der Waals surface area (Å²) in [6.45, 7) is 4.47. The molecule has 0 bridgehead atoms. The van der Waals surface area contributed by atoms with E-state index in [0.29, 0.717) is 30.6 Å². The average molecular weight is 427 g/mol. The molecule has 0 spiro atoms. The van der Waals surface area contributed by atoms with Crippen LogP contribution in [0.2, 0.25) is 0 Å². The second kappa shape index (κ2) is 13.3. The van der Waals surface area contributed by atoms with E-state index in [0.717, 1.165) is 11.1 Å². The Hall–Kier alpha value is -3.00. The fraction of sp³-hybridized carbons (Fsp3) is 0.333. The van der Waals surface area contributed by atoms with E-state index in [-0.39, 0.29) is 25.3 Å². The Morgan fingerprint density at radius 1 is 1.03 bits per heavy atom. The average Bonchev–Trinajstić information content (AvgIpc) is 2.81. The van der Waals surface area contributed by atoms with Crippen LogP contribution in [0.4, 0.5) is 0 Å². The van der Waals surface area contributed by atoms with Gasteiger partial charge in [-0.15, -0.1) is 0 Å². The maximum absolute atomic E-state index is 12.7. The first-order chi connectivity index (χ1) is 15.0. The number of amides is 2. The molecule has 1 atom stereocenters. The fourth-order valence-electron chi connectivity index (χ4n) is 2.93. The zero-order valence-corrected chi connectivity index (χ0v) is 18.0. The van der Waals surface area contributed by atoms with Crippen LogP contribution in [0.1, 0.15) is 37.0 Å². The molecule has 2 aromatic rings. The molecule has 0 aromatic heterocycles. The number of hydroxylamine groups is 1. The summed E-state index contributed by atoms with van der Waals surface area (Å²) in [4.78, 5) is 24.1. The maximum Gasteiger partial charge on any atom is 0.269 e. The molecule has 3 N–H and O–H groups in total. The van der Waals surface area contributed by atoms with Gasteiger partial charge in [-0.1, -0.05) is 48.5 Å². The highest BCUT2D eigenvalue weighted by atomic mass is 16.7. The van der Waals surface area contributed by atoms with Gasteiger partial charge in [0.25, 0.3) is 11.8 Å².